The fraction of sp³-hybridized carbons (Fsp3) is 0.222. The Morgan fingerprint density at radius 2 is 1.93 bits per heavy atom. The van der Waals surface area contributed by atoms with Crippen molar-refractivity contribution in [1.82, 2.24) is 0 Å². The Hall–Kier alpha value is 0.766. The minimum absolute atomic E-state index is 0. The number of hydrogen-bond donors (Lipinski definition) is 1. The number of carboxylic acid groups (broad SMARTS) is 1. The Bertz CT molecular complexity index is 338. The summed E-state index contributed by atoms with van der Waals surface area (Å²) in [4.78, 5) is 10.5. The van der Waals surface area contributed by atoms with Crippen molar-refractivity contribution in [2.45, 2.75) is 12.2 Å². The zero-order valence-corrected chi connectivity index (χ0v) is 8.19. The van der Waals surface area contributed by atoms with Crippen LogP contribution in [0.2, 0.25) is 0 Å². The zero-order chi connectivity index (χ0) is 9.42. The summed E-state index contributed by atoms with van der Waals surface area (Å²) in [5, 5.41) is 8.61. The molecule has 14 heavy (non-hydrogen) atoms. The van der Waals surface area contributed by atoms with Crippen LogP contribution in [0, 0.1) is 0 Å². The fourth-order valence-corrected chi connectivity index (χ4v) is 1.47. The van der Waals surface area contributed by atoms with E-state index in [4.69, 9.17) is 9.84 Å². The van der Waals surface area contributed by atoms with Crippen molar-refractivity contribution >= 4 is 73.3 Å². The van der Waals surface area contributed by atoms with Gasteiger partial charge in [-0.25, -0.2) is 4.79 Å². The molecule has 0 amide bonds. The number of hydrogen-bond acceptors (Lipinski definition) is 2. The first-order valence-electron chi connectivity index (χ1n) is 3.82. The van der Waals surface area contributed by atoms with E-state index < -0.39 is 12.1 Å². The van der Waals surface area contributed by atoms with Crippen molar-refractivity contribution in [3.63, 3.8) is 0 Å². The van der Waals surface area contributed by atoms with Gasteiger partial charge < -0.3 is 9.84 Å². The maximum atomic E-state index is 10.5. The second-order valence-corrected chi connectivity index (χ2v) is 3.78. The molecule has 0 saturated carbocycles. The van der Waals surface area contributed by atoms with E-state index in [9.17, 15) is 4.79 Å². The number of halogens is 1. The molecule has 1 heterocycles. The van der Waals surface area contributed by atoms with Gasteiger partial charge in [0, 0.05) is 4.47 Å². The van der Waals surface area contributed by atoms with Gasteiger partial charge in [0.1, 0.15) is 6.10 Å². The van der Waals surface area contributed by atoms with E-state index >= 15 is 0 Å². The number of benzene rings is 1. The molecule has 1 aromatic carbocycles. The third-order valence-corrected chi connectivity index (χ3v) is 2.46. The van der Waals surface area contributed by atoms with Crippen LogP contribution in [0.3, 0.4) is 0 Å². The van der Waals surface area contributed by atoms with Crippen molar-refractivity contribution in [1.29, 1.82) is 0 Å². The summed E-state index contributed by atoms with van der Waals surface area (Å²) < 4.78 is 5.97. The number of carbonyl (C=O) groups is 1. The maximum absolute atomic E-state index is 10.5. The zero-order valence-electron chi connectivity index (χ0n) is 6.61. The molecule has 70 valence electrons. The monoisotopic (exact) mass is 282 g/mol. The number of carboxylic acids is 1. The minimum atomic E-state index is -0.895. The van der Waals surface area contributed by atoms with E-state index in [-0.39, 0.29) is 57.5 Å². The number of ether oxygens (including phenoxy) is 1. The van der Waals surface area contributed by atoms with Gasteiger partial charge in [0.25, 0.3) is 0 Å². The Balaban J connectivity index is 0.000000980. The van der Waals surface area contributed by atoms with E-state index in [1.165, 1.54) is 0 Å². The van der Waals surface area contributed by atoms with Crippen LogP contribution in [-0.4, -0.2) is 68.6 Å². The standard InChI is InChI=1S/C9H7BrO3.K.H/c10-6-3-1-5(2-4-6)7-8(13-7)9(11)12;;/h1-4,7-8H,(H,11,12);;. The average molecular weight is 283 g/mol. The van der Waals surface area contributed by atoms with Crippen LogP contribution in [0.4, 0.5) is 0 Å². The molecular weight excluding hydrogens is 275 g/mol. The second-order valence-electron chi connectivity index (χ2n) is 2.87. The van der Waals surface area contributed by atoms with Gasteiger partial charge in [-0.3, -0.25) is 0 Å². The van der Waals surface area contributed by atoms with Gasteiger partial charge in [-0.1, -0.05) is 28.1 Å². The second kappa shape index (κ2) is 5.20. The van der Waals surface area contributed by atoms with Crippen molar-refractivity contribution in [2.24, 2.45) is 0 Å². The predicted molar refractivity (Wildman–Crippen MR) is 56.5 cm³/mol. The normalized spacial score (nSPS) is 23.8. The van der Waals surface area contributed by atoms with Crippen molar-refractivity contribution < 1.29 is 14.6 Å². The molecule has 1 aliphatic rings. The molecule has 1 aromatic rings. The van der Waals surface area contributed by atoms with Gasteiger partial charge in [-0.15, -0.1) is 0 Å². The van der Waals surface area contributed by atoms with Crippen LogP contribution >= 0.6 is 15.9 Å². The van der Waals surface area contributed by atoms with E-state index in [2.05, 4.69) is 15.9 Å². The Labute approximate surface area is 132 Å². The van der Waals surface area contributed by atoms with E-state index in [1.807, 2.05) is 24.3 Å². The molecule has 3 nitrogen and oxygen atoms in total. The van der Waals surface area contributed by atoms with Crippen molar-refractivity contribution in [3.05, 3.63) is 34.3 Å². The molecule has 2 rings (SSSR count). The molecule has 1 N–H and O–H groups in total. The molecule has 0 aliphatic carbocycles. The first kappa shape index (κ1) is 12.8. The van der Waals surface area contributed by atoms with Gasteiger partial charge >= 0.3 is 57.4 Å². The summed E-state index contributed by atoms with van der Waals surface area (Å²) in [6.07, 6.45) is -0.910. The van der Waals surface area contributed by atoms with Gasteiger partial charge in [0.2, 0.25) is 0 Å². The summed E-state index contributed by atoms with van der Waals surface area (Å²) in [6.45, 7) is 0. The van der Waals surface area contributed by atoms with Crippen LogP contribution in [0.5, 0.6) is 0 Å². The fourth-order valence-electron chi connectivity index (χ4n) is 1.21. The van der Waals surface area contributed by atoms with Crippen LogP contribution in [0.15, 0.2) is 28.7 Å². The van der Waals surface area contributed by atoms with Crippen LogP contribution in [0.1, 0.15) is 11.7 Å². The molecular formula is C9H8BrKO3. The Morgan fingerprint density at radius 3 is 2.36 bits per heavy atom. The van der Waals surface area contributed by atoms with E-state index in [1.54, 1.807) is 0 Å². The van der Waals surface area contributed by atoms with Crippen LogP contribution in [-0.2, 0) is 9.53 Å². The van der Waals surface area contributed by atoms with Crippen molar-refractivity contribution in [2.75, 3.05) is 0 Å². The Morgan fingerprint density at radius 1 is 1.36 bits per heavy atom. The third-order valence-electron chi connectivity index (χ3n) is 1.93. The first-order chi connectivity index (χ1) is 6.18. The third kappa shape index (κ3) is 2.88. The molecule has 2 unspecified atom stereocenters. The molecule has 0 spiro atoms. The topological polar surface area (TPSA) is 49.8 Å². The van der Waals surface area contributed by atoms with Crippen LogP contribution < -0.4 is 0 Å². The van der Waals surface area contributed by atoms with Crippen molar-refractivity contribution in [3.8, 4) is 0 Å². The van der Waals surface area contributed by atoms with Gasteiger partial charge in [0.05, 0.1) is 0 Å². The van der Waals surface area contributed by atoms with Gasteiger partial charge in [-0.2, -0.15) is 0 Å². The quantitative estimate of drug-likeness (QED) is 0.658. The number of rotatable bonds is 2. The molecule has 0 bridgehead atoms. The van der Waals surface area contributed by atoms with Gasteiger partial charge in [0.15, 0.2) is 6.10 Å². The summed E-state index contributed by atoms with van der Waals surface area (Å²) in [5.41, 5.74) is 0.913. The number of epoxide rings is 1. The van der Waals surface area contributed by atoms with Crippen LogP contribution in [0.25, 0.3) is 0 Å². The molecule has 1 aliphatic heterocycles. The van der Waals surface area contributed by atoms with Gasteiger partial charge in [-0.05, 0) is 17.7 Å². The average Bonchev–Trinajstić information content (AvgIpc) is 2.85. The predicted octanol–water partition coefficient (Wildman–Crippen LogP) is 1.33. The molecule has 0 radical (unpaired) electrons. The summed E-state index contributed by atoms with van der Waals surface area (Å²) in [5.74, 6) is -0.895. The molecule has 1 saturated heterocycles. The first-order valence-corrected chi connectivity index (χ1v) is 4.61. The Kier molecular flexibility index (Phi) is 4.77. The van der Waals surface area contributed by atoms with E-state index in [0.717, 1.165) is 10.0 Å². The van der Waals surface area contributed by atoms with E-state index in [0.29, 0.717) is 0 Å². The number of aliphatic carboxylic acids is 1. The summed E-state index contributed by atoms with van der Waals surface area (Å²) in [7, 11) is 0. The molecule has 5 heteroatoms. The SMILES string of the molecule is O=C(O)C1OC1c1ccc(Br)cc1.[KH]. The molecule has 0 aromatic heterocycles. The summed E-state index contributed by atoms with van der Waals surface area (Å²) >= 11 is 3.30. The molecule has 1 fully saturated rings. The molecule has 2 atom stereocenters. The summed E-state index contributed by atoms with van der Waals surface area (Å²) in [6, 6.07) is 7.46.